The summed E-state index contributed by atoms with van der Waals surface area (Å²) in [5, 5.41) is 2.54. The van der Waals surface area contributed by atoms with Crippen LogP contribution in [-0.2, 0) is 12.8 Å². The van der Waals surface area contributed by atoms with Gasteiger partial charge in [-0.15, -0.1) is 0 Å². The van der Waals surface area contributed by atoms with Crippen molar-refractivity contribution in [2.45, 2.75) is 45.8 Å². The van der Waals surface area contributed by atoms with Crippen molar-refractivity contribution in [2.24, 2.45) is 0 Å². The van der Waals surface area contributed by atoms with E-state index in [9.17, 15) is 13.2 Å². The second-order valence-electron chi connectivity index (χ2n) is 4.07. The lowest BCUT2D eigenvalue weighted by molar-refractivity contribution is -0.158. The first-order valence-corrected chi connectivity index (χ1v) is 6.44. The number of rotatable bonds is 1. The number of nitrogens with one attached hydrogen (secondary N) is 1. The third-order valence-electron chi connectivity index (χ3n) is 3.00. The van der Waals surface area contributed by atoms with E-state index < -0.39 is 12.2 Å². The number of benzene rings is 1. The van der Waals surface area contributed by atoms with Crippen LogP contribution in [0.1, 0.15) is 43.5 Å². The Labute approximate surface area is 106 Å². The Morgan fingerprint density at radius 3 is 2.50 bits per heavy atom. The molecular formula is C14H20F3N. The Kier molecular flexibility index (Phi) is 5.20. The molecule has 0 fully saturated rings. The average Bonchev–Trinajstić information content (AvgIpc) is 2.38. The van der Waals surface area contributed by atoms with Crippen LogP contribution in [0.5, 0.6) is 0 Å². The molecule has 0 aromatic heterocycles. The normalized spacial score (nSPS) is 18.7. The third kappa shape index (κ3) is 3.25. The molecule has 0 saturated heterocycles. The summed E-state index contributed by atoms with van der Waals surface area (Å²) in [5.41, 5.74) is 2.17. The second-order valence-corrected chi connectivity index (χ2v) is 4.07. The Bertz CT molecular complexity index is 385. The van der Waals surface area contributed by atoms with Crippen molar-refractivity contribution in [3.05, 3.63) is 34.9 Å². The number of halogens is 3. The van der Waals surface area contributed by atoms with E-state index in [1.807, 2.05) is 32.9 Å². The van der Waals surface area contributed by atoms with Gasteiger partial charge in [0, 0.05) is 6.54 Å². The highest BCUT2D eigenvalue weighted by molar-refractivity contribution is 5.37. The van der Waals surface area contributed by atoms with Gasteiger partial charge in [0.05, 0.1) is 0 Å². The molecule has 0 aliphatic carbocycles. The van der Waals surface area contributed by atoms with Crippen molar-refractivity contribution in [3.8, 4) is 0 Å². The molecule has 1 aromatic rings. The van der Waals surface area contributed by atoms with Gasteiger partial charge < -0.3 is 5.32 Å². The fourth-order valence-corrected chi connectivity index (χ4v) is 2.11. The Hall–Kier alpha value is -1.03. The highest BCUT2D eigenvalue weighted by Crippen LogP contribution is 2.36. The lowest BCUT2D eigenvalue weighted by atomic mass is 9.91. The summed E-state index contributed by atoms with van der Waals surface area (Å²) in [4.78, 5) is 0. The van der Waals surface area contributed by atoms with E-state index in [2.05, 4.69) is 5.32 Å². The van der Waals surface area contributed by atoms with Gasteiger partial charge in [-0.25, -0.2) is 0 Å². The summed E-state index contributed by atoms with van der Waals surface area (Å²) in [6, 6.07) is 3.92. The zero-order valence-corrected chi connectivity index (χ0v) is 11.1. The topological polar surface area (TPSA) is 12.0 Å². The largest absolute Gasteiger partial charge is 0.407 e. The predicted molar refractivity (Wildman–Crippen MR) is 67.7 cm³/mol. The van der Waals surface area contributed by atoms with Crippen molar-refractivity contribution in [2.75, 3.05) is 6.54 Å². The van der Waals surface area contributed by atoms with Gasteiger partial charge >= 0.3 is 6.18 Å². The van der Waals surface area contributed by atoms with Crippen molar-refractivity contribution in [1.29, 1.82) is 0 Å². The maximum atomic E-state index is 12.8. The second kappa shape index (κ2) is 6.23. The minimum Gasteiger partial charge on any atom is -0.302 e. The lowest BCUT2D eigenvalue weighted by Crippen LogP contribution is -2.39. The van der Waals surface area contributed by atoms with Gasteiger partial charge in [-0.3, -0.25) is 0 Å². The molecule has 2 rings (SSSR count). The van der Waals surface area contributed by atoms with Gasteiger partial charge in [-0.2, -0.15) is 13.2 Å². The van der Waals surface area contributed by atoms with Crippen molar-refractivity contribution >= 4 is 0 Å². The van der Waals surface area contributed by atoms with Crippen molar-refractivity contribution < 1.29 is 13.2 Å². The summed E-state index contributed by atoms with van der Waals surface area (Å²) in [6.45, 7) is 6.34. The Morgan fingerprint density at radius 1 is 1.28 bits per heavy atom. The van der Waals surface area contributed by atoms with E-state index in [1.54, 1.807) is 6.07 Å². The molecule has 102 valence electrons. The lowest BCUT2D eigenvalue weighted by Gasteiger charge is -2.29. The SMILES string of the molecule is CC.CCc1ccc2c(c1)C(C(F)(F)F)NCC2. The van der Waals surface area contributed by atoms with Crippen molar-refractivity contribution in [1.82, 2.24) is 5.32 Å². The molecule has 4 heteroatoms. The highest BCUT2D eigenvalue weighted by atomic mass is 19.4. The Balaban J connectivity index is 0.000000771. The third-order valence-corrected chi connectivity index (χ3v) is 3.00. The van der Waals surface area contributed by atoms with Gasteiger partial charge in [0.1, 0.15) is 6.04 Å². The number of alkyl halides is 3. The minimum atomic E-state index is -4.21. The summed E-state index contributed by atoms with van der Waals surface area (Å²) in [7, 11) is 0. The molecule has 1 aromatic carbocycles. The molecule has 1 unspecified atom stereocenters. The van der Waals surface area contributed by atoms with E-state index in [-0.39, 0.29) is 0 Å². The molecule has 1 heterocycles. The zero-order chi connectivity index (χ0) is 13.8. The number of hydrogen-bond donors (Lipinski definition) is 1. The molecular weight excluding hydrogens is 239 g/mol. The maximum absolute atomic E-state index is 12.8. The smallest absolute Gasteiger partial charge is 0.302 e. The number of aryl methyl sites for hydroxylation is 1. The van der Waals surface area contributed by atoms with Gasteiger partial charge in [-0.1, -0.05) is 39.0 Å². The van der Waals surface area contributed by atoms with E-state index in [4.69, 9.17) is 0 Å². The van der Waals surface area contributed by atoms with E-state index in [1.165, 1.54) is 0 Å². The van der Waals surface area contributed by atoms with Crippen LogP contribution in [0.3, 0.4) is 0 Å². The van der Waals surface area contributed by atoms with Gasteiger partial charge in [0.2, 0.25) is 0 Å². The van der Waals surface area contributed by atoms with Crippen LogP contribution in [0.15, 0.2) is 18.2 Å². The van der Waals surface area contributed by atoms with Crippen LogP contribution in [0.25, 0.3) is 0 Å². The molecule has 1 atom stereocenters. The molecule has 1 aliphatic heterocycles. The average molecular weight is 259 g/mol. The number of hydrogen-bond acceptors (Lipinski definition) is 1. The predicted octanol–water partition coefficient (Wildman–Crippen LogP) is 4.02. The molecule has 1 nitrogen and oxygen atoms in total. The molecule has 1 aliphatic rings. The first kappa shape index (κ1) is 15.0. The fraction of sp³-hybridized carbons (Fsp3) is 0.571. The molecule has 1 N–H and O–H groups in total. The summed E-state index contributed by atoms with van der Waals surface area (Å²) >= 11 is 0. The molecule has 0 spiro atoms. The van der Waals surface area contributed by atoms with E-state index >= 15 is 0 Å². The van der Waals surface area contributed by atoms with Crippen LogP contribution in [0, 0.1) is 0 Å². The summed E-state index contributed by atoms with van der Waals surface area (Å²) in [6.07, 6.45) is -2.77. The standard InChI is InChI=1S/C12H14F3N.C2H6/c1-2-8-3-4-9-5-6-16-11(10(9)7-8)12(13,14)15;1-2/h3-4,7,11,16H,2,5-6H2,1H3;1-2H3. The molecule has 18 heavy (non-hydrogen) atoms. The molecule has 0 saturated carbocycles. The van der Waals surface area contributed by atoms with E-state index in [0.29, 0.717) is 18.5 Å². The summed E-state index contributed by atoms with van der Waals surface area (Å²) < 4.78 is 38.4. The molecule has 0 amide bonds. The molecule has 0 radical (unpaired) electrons. The highest BCUT2D eigenvalue weighted by Gasteiger charge is 2.42. The first-order chi connectivity index (χ1) is 8.52. The summed E-state index contributed by atoms with van der Waals surface area (Å²) in [5.74, 6) is 0. The first-order valence-electron chi connectivity index (χ1n) is 6.44. The van der Waals surface area contributed by atoms with Gasteiger partial charge in [-0.05, 0) is 29.5 Å². The van der Waals surface area contributed by atoms with Crippen LogP contribution in [-0.4, -0.2) is 12.7 Å². The fourth-order valence-electron chi connectivity index (χ4n) is 2.11. The Morgan fingerprint density at radius 2 is 1.94 bits per heavy atom. The molecule has 0 bridgehead atoms. The van der Waals surface area contributed by atoms with Crippen LogP contribution >= 0.6 is 0 Å². The van der Waals surface area contributed by atoms with Gasteiger partial charge in [0.15, 0.2) is 0 Å². The van der Waals surface area contributed by atoms with Gasteiger partial charge in [0.25, 0.3) is 0 Å². The number of fused-ring (bicyclic) bond motifs is 1. The maximum Gasteiger partial charge on any atom is 0.407 e. The van der Waals surface area contributed by atoms with E-state index in [0.717, 1.165) is 17.5 Å². The zero-order valence-electron chi connectivity index (χ0n) is 11.1. The van der Waals surface area contributed by atoms with Crippen LogP contribution < -0.4 is 5.32 Å². The quantitative estimate of drug-likeness (QED) is 0.803. The minimum absolute atomic E-state index is 0.392. The van der Waals surface area contributed by atoms with Crippen LogP contribution in [0.4, 0.5) is 13.2 Å². The van der Waals surface area contributed by atoms with Crippen LogP contribution in [0.2, 0.25) is 0 Å². The van der Waals surface area contributed by atoms with Crippen molar-refractivity contribution in [3.63, 3.8) is 0 Å². The monoisotopic (exact) mass is 259 g/mol.